The summed E-state index contributed by atoms with van der Waals surface area (Å²) < 4.78 is 0. The zero-order valence-corrected chi connectivity index (χ0v) is 14.3. The van der Waals surface area contributed by atoms with E-state index in [9.17, 15) is 0 Å². The minimum absolute atomic E-state index is 0.657. The van der Waals surface area contributed by atoms with E-state index in [1.807, 2.05) is 0 Å². The third-order valence-electron chi connectivity index (χ3n) is 3.30. The summed E-state index contributed by atoms with van der Waals surface area (Å²) >= 11 is 0. The monoisotopic (exact) mass is 293 g/mol. The lowest BCUT2D eigenvalue weighted by atomic mass is 10.2. The fourth-order valence-electron chi connectivity index (χ4n) is 2.12. The third-order valence-corrected chi connectivity index (χ3v) is 3.30. The van der Waals surface area contributed by atoms with E-state index in [2.05, 4.69) is 72.3 Å². The van der Waals surface area contributed by atoms with Crippen LogP contribution in [0.3, 0.4) is 0 Å². The van der Waals surface area contributed by atoms with Crippen LogP contribution >= 0.6 is 0 Å². The van der Waals surface area contributed by atoms with Gasteiger partial charge in [0.2, 0.25) is 0 Å². The van der Waals surface area contributed by atoms with Crippen molar-refractivity contribution in [3.05, 3.63) is 17.8 Å². The van der Waals surface area contributed by atoms with Gasteiger partial charge in [-0.3, -0.25) is 0 Å². The molecule has 1 heterocycles. The van der Waals surface area contributed by atoms with E-state index in [4.69, 9.17) is 0 Å². The number of anilines is 1. The van der Waals surface area contributed by atoms with Crippen LogP contribution in [-0.4, -0.2) is 55.4 Å². The summed E-state index contributed by atoms with van der Waals surface area (Å²) in [7, 11) is 4.21. The Kier molecular flexibility index (Phi) is 8.23. The first-order valence-electron chi connectivity index (χ1n) is 7.96. The molecule has 0 bridgehead atoms. The lowest BCUT2D eigenvalue weighted by Gasteiger charge is -2.22. The van der Waals surface area contributed by atoms with Crippen LogP contribution in [0.5, 0.6) is 0 Å². The highest BCUT2D eigenvalue weighted by atomic mass is 15.3. The van der Waals surface area contributed by atoms with Crippen LogP contribution in [0.15, 0.2) is 12.1 Å². The predicted octanol–water partition coefficient (Wildman–Crippen LogP) is 2.00. The van der Waals surface area contributed by atoms with Crippen molar-refractivity contribution >= 4 is 5.82 Å². The van der Waals surface area contributed by atoms with Crippen molar-refractivity contribution < 1.29 is 0 Å². The Labute approximate surface area is 129 Å². The largest absolute Gasteiger partial charge is 0.355 e. The van der Waals surface area contributed by atoms with Gasteiger partial charge >= 0.3 is 0 Å². The SMILES string of the molecule is CCN(CCCN(C)C)c1ccc(CNCC(C)C)nn1. The average molecular weight is 293 g/mol. The normalized spacial score (nSPS) is 11.4. The maximum Gasteiger partial charge on any atom is 0.151 e. The summed E-state index contributed by atoms with van der Waals surface area (Å²) in [5.74, 6) is 1.63. The van der Waals surface area contributed by atoms with Crippen molar-refractivity contribution in [3.8, 4) is 0 Å². The first-order chi connectivity index (χ1) is 10.0. The van der Waals surface area contributed by atoms with Crippen molar-refractivity contribution in [3.63, 3.8) is 0 Å². The molecule has 1 rings (SSSR count). The van der Waals surface area contributed by atoms with Gasteiger partial charge < -0.3 is 15.1 Å². The van der Waals surface area contributed by atoms with E-state index in [1.54, 1.807) is 0 Å². The molecule has 21 heavy (non-hydrogen) atoms. The van der Waals surface area contributed by atoms with Crippen LogP contribution in [0.4, 0.5) is 5.82 Å². The van der Waals surface area contributed by atoms with Crippen molar-refractivity contribution in [2.45, 2.75) is 33.7 Å². The van der Waals surface area contributed by atoms with E-state index in [0.29, 0.717) is 5.92 Å². The topological polar surface area (TPSA) is 44.3 Å². The van der Waals surface area contributed by atoms with Crippen LogP contribution in [0, 0.1) is 5.92 Å². The molecular formula is C16H31N5. The molecule has 0 aliphatic rings. The van der Waals surface area contributed by atoms with Gasteiger partial charge in [0.1, 0.15) is 0 Å². The van der Waals surface area contributed by atoms with Crippen molar-refractivity contribution in [1.82, 2.24) is 20.4 Å². The van der Waals surface area contributed by atoms with E-state index >= 15 is 0 Å². The highest BCUT2D eigenvalue weighted by Crippen LogP contribution is 2.10. The van der Waals surface area contributed by atoms with Crippen LogP contribution in [0.1, 0.15) is 32.9 Å². The Balaban J connectivity index is 2.46. The minimum Gasteiger partial charge on any atom is -0.355 e. The molecule has 0 aromatic carbocycles. The fourth-order valence-corrected chi connectivity index (χ4v) is 2.12. The quantitative estimate of drug-likeness (QED) is 0.715. The molecule has 1 aromatic rings. The fraction of sp³-hybridized carbons (Fsp3) is 0.750. The van der Waals surface area contributed by atoms with Gasteiger partial charge in [-0.1, -0.05) is 13.8 Å². The second-order valence-corrected chi connectivity index (χ2v) is 6.14. The minimum atomic E-state index is 0.657. The predicted molar refractivity (Wildman–Crippen MR) is 89.6 cm³/mol. The van der Waals surface area contributed by atoms with E-state index in [0.717, 1.165) is 50.7 Å². The number of nitrogens with zero attached hydrogens (tertiary/aromatic N) is 4. The molecule has 0 aliphatic heterocycles. The summed E-state index contributed by atoms with van der Waals surface area (Å²) in [6, 6.07) is 4.16. The van der Waals surface area contributed by atoms with E-state index in [1.165, 1.54) is 0 Å². The first-order valence-corrected chi connectivity index (χ1v) is 7.96. The maximum absolute atomic E-state index is 4.37. The standard InChI is InChI=1S/C16H31N5/c1-6-21(11-7-10-20(4)5)16-9-8-15(18-19-16)13-17-12-14(2)3/h8-9,14,17H,6-7,10-13H2,1-5H3. The molecular weight excluding hydrogens is 262 g/mol. The summed E-state index contributed by atoms with van der Waals surface area (Å²) in [4.78, 5) is 4.49. The molecule has 0 radical (unpaired) electrons. The summed E-state index contributed by atoms with van der Waals surface area (Å²) in [6.07, 6.45) is 1.14. The van der Waals surface area contributed by atoms with Crippen molar-refractivity contribution in [1.29, 1.82) is 0 Å². The van der Waals surface area contributed by atoms with Gasteiger partial charge in [-0.15, -0.1) is 5.10 Å². The molecule has 0 aliphatic carbocycles. The number of nitrogens with one attached hydrogen (secondary N) is 1. The smallest absolute Gasteiger partial charge is 0.151 e. The second-order valence-electron chi connectivity index (χ2n) is 6.14. The molecule has 5 heteroatoms. The Hall–Kier alpha value is -1.20. The van der Waals surface area contributed by atoms with Gasteiger partial charge in [-0.2, -0.15) is 5.10 Å². The van der Waals surface area contributed by atoms with Crippen LogP contribution < -0.4 is 10.2 Å². The molecule has 0 saturated heterocycles. The van der Waals surface area contributed by atoms with Gasteiger partial charge in [-0.05, 0) is 58.6 Å². The Morgan fingerprint density at radius 3 is 2.43 bits per heavy atom. The molecule has 120 valence electrons. The molecule has 0 amide bonds. The molecule has 1 aromatic heterocycles. The van der Waals surface area contributed by atoms with E-state index < -0.39 is 0 Å². The Morgan fingerprint density at radius 2 is 1.90 bits per heavy atom. The summed E-state index contributed by atoms with van der Waals surface area (Å²) in [6.45, 7) is 11.5. The van der Waals surface area contributed by atoms with Crippen LogP contribution in [-0.2, 0) is 6.54 Å². The Morgan fingerprint density at radius 1 is 1.14 bits per heavy atom. The van der Waals surface area contributed by atoms with E-state index in [-0.39, 0.29) is 0 Å². The van der Waals surface area contributed by atoms with Crippen molar-refractivity contribution in [2.75, 3.05) is 45.2 Å². The van der Waals surface area contributed by atoms with Crippen molar-refractivity contribution in [2.24, 2.45) is 5.92 Å². The molecule has 0 saturated carbocycles. The molecule has 0 atom stereocenters. The molecule has 1 N–H and O–H groups in total. The van der Waals surface area contributed by atoms with Gasteiger partial charge in [-0.25, -0.2) is 0 Å². The molecule has 0 spiro atoms. The average Bonchev–Trinajstić information content (AvgIpc) is 2.44. The molecule has 5 nitrogen and oxygen atoms in total. The number of hydrogen-bond donors (Lipinski definition) is 1. The maximum atomic E-state index is 4.37. The summed E-state index contributed by atoms with van der Waals surface area (Å²) in [5.41, 5.74) is 1.00. The lowest BCUT2D eigenvalue weighted by Crippen LogP contribution is -2.28. The highest BCUT2D eigenvalue weighted by Gasteiger charge is 2.07. The highest BCUT2D eigenvalue weighted by molar-refractivity contribution is 5.36. The zero-order chi connectivity index (χ0) is 15.7. The van der Waals surface area contributed by atoms with Crippen LogP contribution in [0.25, 0.3) is 0 Å². The number of aromatic nitrogens is 2. The zero-order valence-electron chi connectivity index (χ0n) is 14.3. The van der Waals surface area contributed by atoms with Gasteiger partial charge in [0, 0.05) is 19.6 Å². The molecule has 0 unspecified atom stereocenters. The number of hydrogen-bond acceptors (Lipinski definition) is 5. The van der Waals surface area contributed by atoms with Gasteiger partial charge in [0.15, 0.2) is 5.82 Å². The summed E-state index contributed by atoms with van der Waals surface area (Å²) in [5, 5.41) is 12.1. The number of rotatable bonds is 10. The molecule has 0 fully saturated rings. The second kappa shape index (κ2) is 9.68. The van der Waals surface area contributed by atoms with Gasteiger partial charge in [0.05, 0.1) is 5.69 Å². The van der Waals surface area contributed by atoms with Gasteiger partial charge in [0.25, 0.3) is 0 Å². The third kappa shape index (κ3) is 7.39. The Bertz CT molecular complexity index is 375. The van der Waals surface area contributed by atoms with Crippen LogP contribution in [0.2, 0.25) is 0 Å². The lowest BCUT2D eigenvalue weighted by molar-refractivity contribution is 0.400. The first kappa shape index (κ1) is 17.9.